The highest BCUT2D eigenvalue weighted by atomic mass is 16.3. The third kappa shape index (κ3) is 4.23. The van der Waals surface area contributed by atoms with E-state index in [1.807, 2.05) is 45.0 Å². The largest absolute Gasteiger partial charge is 0.463 e. The van der Waals surface area contributed by atoms with Crippen LogP contribution in [0.25, 0.3) is 11.5 Å². The molecule has 0 atom stereocenters. The maximum Gasteiger partial charge on any atom is 0.220 e. The van der Waals surface area contributed by atoms with Crippen molar-refractivity contribution in [2.75, 3.05) is 0 Å². The third-order valence-corrected chi connectivity index (χ3v) is 2.78. The zero-order valence-corrected chi connectivity index (χ0v) is 12.1. The number of aromatic nitrogens is 1. The summed E-state index contributed by atoms with van der Waals surface area (Å²) >= 11 is 0. The maximum atomic E-state index is 11.7. The zero-order valence-electron chi connectivity index (χ0n) is 12.1. The molecule has 0 radical (unpaired) electrons. The Bertz CT molecular complexity index is 551. The van der Waals surface area contributed by atoms with Gasteiger partial charge in [0.1, 0.15) is 5.69 Å². The van der Waals surface area contributed by atoms with Gasteiger partial charge in [-0.2, -0.15) is 0 Å². The van der Waals surface area contributed by atoms with Crippen LogP contribution in [0.4, 0.5) is 0 Å². The van der Waals surface area contributed by atoms with Crippen LogP contribution in [0, 0.1) is 5.41 Å². The fourth-order valence-electron chi connectivity index (χ4n) is 1.84. The number of hydrogen-bond acceptors (Lipinski definition) is 3. The standard InChI is InChI=1S/C16H20N2O2/c1-16(2,3)9-15(19)18-11-12-6-7-13(17-10-12)14-5-4-8-20-14/h4-8,10H,9,11H2,1-3H3,(H,18,19). The Hall–Kier alpha value is -2.10. The highest BCUT2D eigenvalue weighted by Gasteiger charge is 2.15. The van der Waals surface area contributed by atoms with E-state index >= 15 is 0 Å². The molecule has 4 heteroatoms. The molecule has 0 spiro atoms. The quantitative estimate of drug-likeness (QED) is 0.928. The zero-order chi connectivity index (χ0) is 14.6. The average Bonchev–Trinajstić information content (AvgIpc) is 2.89. The highest BCUT2D eigenvalue weighted by molar-refractivity contribution is 5.76. The van der Waals surface area contributed by atoms with Gasteiger partial charge >= 0.3 is 0 Å². The van der Waals surface area contributed by atoms with Gasteiger partial charge in [-0.25, -0.2) is 0 Å². The molecule has 2 aromatic rings. The van der Waals surface area contributed by atoms with Gasteiger partial charge in [-0.3, -0.25) is 9.78 Å². The molecule has 1 amide bonds. The van der Waals surface area contributed by atoms with Crippen LogP contribution in [0.2, 0.25) is 0 Å². The Kier molecular flexibility index (Phi) is 4.23. The molecule has 0 saturated heterocycles. The van der Waals surface area contributed by atoms with Crippen LogP contribution in [-0.2, 0) is 11.3 Å². The summed E-state index contributed by atoms with van der Waals surface area (Å²) in [5.74, 6) is 0.806. The Balaban J connectivity index is 1.90. The van der Waals surface area contributed by atoms with Crippen LogP contribution in [0.3, 0.4) is 0 Å². The van der Waals surface area contributed by atoms with E-state index in [9.17, 15) is 4.79 Å². The fourth-order valence-corrected chi connectivity index (χ4v) is 1.84. The van der Waals surface area contributed by atoms with Gasteiger partial charge in [0.2, 0.25) is 5.91 Å². The number of amides is 1. The van der Waals surface area contributed by atoms with E-state index in [1.165, 1.54) is 0 Å². The Morgan fingerprint density at radius 3 is 2.65 bits per heavy atom. The van der Waals surface area contributed by atoms with Crippen molar-refractivity contribution in [3.05, 3.63) is 42.3 Å². The summed E-state index contributed by atoms with van der Waals surface area (Å²) in [6, 6.07) is 7.54. The normalized spacial score (nSPS) is 11.3. The van der Waals surface area contributed by atoms with Gasteiger partial charge in [-0.15, -0.1) is 0 Å². The predicted octanol–water partition coefficient (Wildman–Crippen LogP) is 3.39. The molecule has 1 N–H and O–H groups in total. The summed E-state index contributed by atoms with van der Waals surface area (Å²) in [7, 11) is 0. The molecule has 2 rings (SSSR count). The smallest absolute Gasteiger partial charge is 0.220 e. The molecule has 0 aliphatic carbocycles. The van der Waals surface area contributed by atoms with Gasteiger partial charge in [0.25, 0.3) is 0 Å². The first-order valence-corrected chi connectivity index (χ1v) is 6.69. The van der Waals surface area contributed by atoms with Gasteiger partial charge in [-0.1, -0.05) is 26.8 Å². The lowest BCUT2D eigenvalue weighted by Gasteiger charge is -2.17. The molecule has 106 valence electrons. The molecule has 2 aromatic heterocycles. The molecule has 0 aliphatic rings. The number of carbonyl (C=O) groups is 1. The molecule has 2 heterocycles. The second-order valence-electron chi connectivity index (χ2n) is 6.04. The van der Waals surface area contributed by atoms with Crippen LogP contribution < -0.4 is 5.32 Å². The van der Waals surface area contributed by atoms with Gasteiger partial charge in [-0.05, 0) is 29.2 Å². The molecule has 0 saturated carbocycles. The molecule has 20 heavy (non-hydrogen) atoms. The van der Waals surface area contributed by atoms with Crippen molar-refractivity contribution in [1.82, 2.24) is 10.3 Å². The van der Waals surface area contributed by atoms with Crippen LogP contribution >= 0.6 is 0 Å². The first-order chi connectivity index (χ1) is 9.44. The second-order valence-corrected chi connectivity index (χ2v) is 6.04. The number of pyridine rings is 1. The van der Waals surface area contributed by atoms with E-state index in [1.54, 1.807) is 12.5 Å². The summed E-state index contributed by atoms with van der Waals surface area (Å²) in [6.45, 7) is 6.64. The Morgan fingerprint density at radius 1 is 1.30 bits per heavy atom. The summed E-state index contributed by atoms with van der Waals surface area (Å²) in [4.78, 5) is 16.1. The summed E-state index contributed by atoms with van der Waals surface area (Å²) in [5.41, 5.74) is 1.77. The lowest BCUT2D eigenvalue weighted by molar-refractivity contribution is -0.122. The van der Waals surface area contributed by atoms with E-state index < -0.39 is 0 Å². The van der Waals surface area contributed by atoms with Gasteiger partial charge in [0.15, 0.2) is 5.76 Å². The average molecular weight is 272 g/mol. The second kappa shape index (κ2) is 5.90. The fraction of sp³-hybridized carbons (Fsp3) is 0.375. The van der Waals surface area contributed by atoms with E-state index in [-0.39, 0.29) is 11.3 Å². The molecule has 0 bridgehead atoms. The minimum absolute atomic E-state index is 0.00543. The first-order valence-electron chi connectivity index (χ1n) is 6.69. The summed E-state index contributed by atoms with van der Waals surface area (Å²) < 4.78 is 5.28. The van der Waals surface area contributed by atoms with Crippen LogP contribution in [0.1, 0.15) is 32.8 Å². The predicted molar refractivity (Wildman–Crippen MR) is 77.9 cm³/mol. The van der Waals surface area contributed by atoms with Gasteiger partial charge in [0.05, 0.1) is 6.26 Å². The summed E-state index contributed by atoms with van der Waals surface area (Å²) in [5, 5.41) is 2.91. The van der Waals surface area contributed by atoms with Crippen molar-refractivity contribution >= 4 is 5.91 Å². The monoisotopic (exact) mass is 272 g/mol. The van der Waals surface area contributed by atoms with E-state index in [2.05, 4.69) is 10.3 Å². The third-order valence-electron chi connectivity index (χ3n) is 2.78. The van der Waals surface area contributed by atoms with Gasteiger partial charge in [0, 0.05) is 19.2 Å². The van der Waals surface area contributed by atoms with E-state index in [0.29, 0.717) is 13.0 Å². The lowest BCUT2D eigenvalue weighted by Crippen LogP contribution is -2.27. The molecule has 0 aliphatic heterocycles. The topological polar surface area (TPSA) is 55.1 Å². The summed E-state index contributed by atoms with van der Waals surface area (Å²) in [6.07, 6.45) is 3.90. The number of carbonyl (C=O) groups excluding carboxylic acids is 1. The Labute approximate surface area is 119 Å². The molecular formula is C16H20N2O2. The molecule has 0 aromatic carbocycles. The number of hydrogen-bond donors (Lipinski definition) is 1. The molecule has 0 unspecified atom stereocenters. The number of nitrogens with one attached hydrogen (secondary N) is 1. The maximum absolute atomic E-state index is 11.7. The number of furan rings is 1. The van der Waals surface area contributed by atoms with Crippen molar-refractivity contribution in [2.24, 2.45) is 5.41 Å². The van der Waals surface area contributed by atoms with Crippen molar-refractivity contribution in [2.45, 2.75) is 33.7 Å². The Morgan fingerprint density at radius 2 is 2.10 bits per heavy atom. The SMILES string of the molecule is CC(C)(C)CC(=O)NCc1ccc(-c2ccco2)nc1. The minimum atomic E-state index is 0.00543. The van der Waals surface area contributed by atoms with E-state index in [4.69, 9.17) is 4.42 Å². The van der Waals surface area contributed by atoms with Crippen molar-refractivity contribution < 1.29 is 9.21 Å². The number of rotatable bonds is 4. The van der Waals surface area contributed by atoms with Crippen molar-refractivity contribution in [1.29, 1.82) is 0 Å². The van der Waals surface area contributed by atoms with E-state index in [0.717, 1.165) is 17.0 Å². The number of nitrogens with zero attached hydrogens (tertiary/aromatic N) is 1. The van der Waals surface area contributed by atoms with Crippen LogP contribution in [0.5, 0.6) is 0 Å². The highest BCUT2D eigenvalue weighted by Crippen LogP contribution is 2.18. The van der Waals surface area contributed by atoms with Gasteiger partial charge < -0.3 is 9.73 Å². The van der Waals surface area contributed by atoms with Crippen molar-refractivity contribution in [3.63, 3.8) is 0 Å². The molecule has 4 nitrogen and oxygen atoms in total. The van der Waals surface area contributed by atoms with Crippen molar-refractivity contribution in [3.8, 4) is 11.5 Å². The molecular weight excluding hydrogens is 252 g/mol. The molecule has 0 fully saturated rings. The first kappa shape index (κ1) is 14.3. The lowest BCUT2D eigenvalue weighted by atomic mass is 9.92. The minimum Gasteiger partial charge on any atom is -0.463 e. The van der Waals surface area contributed by atoms with Crippen LogP contribution in [-0.4, -0.2) is 10.9 Å². The van der Waals surface area contributed by atoms with Crippen LogP contribution in [0.15, 0.2) is 41.1 Å².